The second-order valence-electron chi connectivity index (χ2n) is 6.97. The Kier molecular flexibility index (Phi) is 7.75. The lowest BCUT2D eigenvalue weighted by Crippen LogP contribution is -2.32. The van der Waals surface area contributed by atoms with Crippen molar-refractivity contribution in [3.05, 3.63) is 59.2 Å². The summed E-state index contributed by atoms with van der Waals surface area (Å²) in [7, 11) is -3.73. The Hall–Kier alpha value is -2.71. The molecule has 8 heteroatoms. The number of hydrogen-bond acceptors (Lipinski definition) is 5. The van der Waals surface area contributed by atoms with E-state index in [1.807, 2.05) is 19.1 Å². The largest absolute Gasteiger partial charge is 0.449 e. The Bertz CT molecular complexity index is 1010. The summed E-state index contributed by atoms with van der Waals surface area (Å²) in [5.41, 5.74) is 2.25. The summed E-state index contributed by atoms with van der Waals surface area (Å²) in [5.74, 6) is -1.24. The monoisotopic (exact) mass is 432 g/mol. The molecule has 0 radical (unpaired) electrons. The molecule has 0 saturated carbocycles. The van der Waals surface area contributed by atoms with Gasteiger partial charge in [0.2, 0.25) is 10.0 Å². The van der Waals surface area contributed by atoms with Crippen LogP contribution in [0.2, 0.25) is 0 Å². The number of rotatable bonds is 8. The van der Waals surface area contributed by atoms with Gasteiger partial charge in [0.15, 0.2) is 6.10 Å². The van der Waals surface area contributed by atoms with Gasteiger partial charge in [-0.05, 0) is 50.6 Å². The fourth-order valence-corrected chi connectivity index (χ4v) is 4.58. The first-order valence-electron chi connectivity index (χ1n) is 9.79. The fraction of sp³-hybridized carbons (Fsp3) is 0.364. The minimum absolute atomic E-state index is 0.0532. The number of benzene rings is 2. The zero-order valence-electron chi connectivity index (χ0n) is 17.9. The maximum atomic E-state index is 12.9. The van der Waals surface area contributed by atoms with Gasteiger partial charge in [-0.15, -0.1) is 0 Å². The van der Waals surface area contributed by atoms with E-state index in [1.54, 1.807) is 39.0 Å². The molecule has 0 saturated heterocycles. The molecule has 0 bridgehead atoms. The standard InChI is InChI=1S/C22H28N2O5S/c1-6-24(7-2)30(27,28)20-14-18(11-10-16(20)4)22(26)29-17(5)21(25)23-19-12-8-15(3)9-13-19/h8-14,17H,6-7H2,1-5H3,(H,23,25)/t17-/m1/s1. The Morgan fingerprint density at radius 3 is 2.20 bits per heavy atom. The maximum absolute atomic E-state index is 12.9. The Balaban J connectivity index is 2.16. The highest BCUT2D eigenvalue weighted by molar-refractivity contribution is 7.89. The van der Waals surface area contributed by atoms with Crippen molar-refractivity contribution in [3.63, 3.8) is 0 Å². The molecule has 0 aliphatic rings. The summed E-state index contributed by atoms with van der Waals surface area (Å²) in [6.07, 6.45) is -1.05. The number of esters is 1. The molecular weight excluding hydrogens is 404 g/mol. The minimum atomic E-state index is -3.73. The van der Waals surface area contributed by atoms with Gasteiger partial charge in [0.1, 0.15) is 0 Å². The van der Waals surface area contributed by atoms with Crippen molar-refractivity contribution < 1.29 is 22.7 Å². The van der Waals surface area contributed by atoms with Crippen LogP contribution in [-0.2, 0) is 19.6 Å². The normalized spacial score (nSPS) is 12.5. The Labute approximate surface area is 178 Å². The van der Waals surface area contributed by atoms with Gasteiger partial charge in [-0.3, -0.25) is 4.79 Å². The lowest BCUT2D eigenvalue weighted by Gasteiger charge is -2.20. The number of anilines is 1. The molecule has 0 heterocycles. The quantitative estimate of drug-likeness (QED) is 0.645. The van der Waals surface area contributed by atoms with E-state index in [0.717, 1.165) is 5.56 Å². The molecule has 1 N–H and O–H groups in total. The van der Waals surface area contributed by atoms with Gasteiger partial charge in [-0.2, -0.15) is 4.31 Å². The Morgan fingerprint density at radius 2 is 1.63 bits per heavy atom. The van der Waals surface area contributed by atoms with E-state index in [0.29, 0.717) is 24.3 Å². The van der Waals surface area contributed by atoms with E-state index >= 15 is 0 Å². The molecule has 0 aliphatic heterocycles. The zero-order valence-corrected chi connectivity index (χ0v) is 18.7. The zero-order chi connectivity index (χ0) is 22.5. The van der Waals surface area contributed by atoms with E-state index < -0.39 is 28.0 Å². The van der Waals surface area contributed by atoms with E-state index in [4.69, 9.17) is 4.74 Å². The van der Waals surface area contributed by atoms with Gasteiger partial charge in [-0.1, -0.05) is 37.6 Å². The van der Waals surface area contributed by atoms with Gasteiger partial charge >= 0.3 is 5.97 Å². The number of aryl methyl sites for hydroxylation is 2. The van der Waals surface area contributed by atoms with Crippen molar-refractivity contribution in [3.8, 4) is 0 Å². The molecule has 7 nitrogen and oxygen atoms in total. The number of carbonyl (C=O) groups is 2. The predicted octanol–water partition coefficient (Wildman–Crippen LogP) is 3.52. The highest BCUT2D eigenvalue weighted by Crippen LogP contribution is 2.22. The van der Waals surface area contributed by atoms with Crippen LogP contribution < -0.4 is 5.32 Å². The third kappa shape index (κ3) is 5.46. The number of ether oxygens (including phenoxy) is 1. The summed E-state index contributed by atoms with van der Waals surface area (Å²) in [4.78, 5) is 24.9. The first-order valence-corrected chi connectivity index (χ1v) is 11.2. The third-order valence-electron chi connectivity index (χ3n) is 4.72. The third-order valence-corrected chi connectivity index (χ3v) is 6.91. The summed E-state index contributed by atoms with van der Waals surface area (Å²) in [6.45, 7) is 9.22. The second-order valence-corrected chi connectivity index (χ2v) is 8.88. The molecule has 0 unspecified atom stereocenters. The summed E-state index contributed by atoms with van der Waals surface area (Å²) in [6, 6.07) is 11.6. The van der Waals surface area contributed by atoms with E-state index in [2.05, 4.69) is 5.32 Å². The van der Waals surface area contributed by atoms with Gasteiger partial charge in [-0.25, -0.2) is 13.2 Å². The number of carbonyl (C=O) groups excluding carboxylic acids is 2. The predicted molar refractivity (Wildman–Crippen MR) is 116 cm³/mol. The topological polar surface area (TPSA) is 92.8 Å². The lowest BCUT2D eigenvalue weighted by atomic mass is 10.1. The number of sulfonamides is 1. The molecular formula is C22H28N2O5S. The molecule has 2 aromatic rings. The SMILES string of the molecule is CCN(CC)S(=O)(=O)c1cc(C(=O)O[C@H](C)C(=O)Nc2ccc(C)cc2)ccc1C. The molecule has 2 aromatic carbocycles. The smallest absolute Gasteiger partial charge is 0.338 e. The number of hydrogen-bond donors (Lipinski definition) is 1. The number of amides is 1. The van der Waals surface area contributed by atoms with Gasteiger partial charge in [0, 0.05) is 18.8 Å². The molecule has 162 valence electrons. The average Bonchev–Trinajstić information content (AvgIpc) is 2.70. The van der Waals surface area contributed by atoms with Crippen molar-refractivity contribution in [2.45, 2.75) is 45.6 Å². The molecule has 0 fully saturated rings. The first-order chi connectivity index (χ1) is 14.1. The van der Waals surface area contributed by atoms with Crippen molar-refractivity contribution in [1.29, 1.82) is 0 Å². The van der Waals surface area contributed by atoms with Crippen LogP contribution in [0.4, 0.5) is 5.69 Å². The lowest BCUT2D eigenvalue weighted by molar-refractivity contribution is -0.123. The average molecular weight is 433 g/mol. The second kappa shape index (κ2) is 9.86. The molecule has 0 aromatic heterocycles. The number of nitrogens with one attached hydrogen (secondary N) is 1. The van der Waals surface area contributed by atoms with E-state index in [1.165, 1.54) is 23.4 Å². The number of nitrogens with zero attached hydrogens (tertiary/aromatic N) is 1. The maximum Gasteiger partial charge on any atom is 0.338 e. The highest BCUT2D eigenvalue weighted by Gasteiger charge is 2.26. The first kappa shape index (κ1) is 23.6. The van der Waals surface area contributed by atoms with Gasteiger partial charge < -0.3 is 10.1 Å². The van der Waals surface area contributed by atoms with Crippen LogP contribution >= 0.6 is 0 Å². The van der Waals surface area contributed by atoms with Crippen LogP contribution in [0.5, 0.6) is 0 Å². The molecule has 1 amide bonds. The Morgan fingerprint density at radius 1 is 1.03 bits per heavy atom. The van der Waals surface area contributed by atoms with Crippen LogP contribution in [0.3, 0.4) is 0 Å². The summed E-state index contributed by atoms with van der Waals surface area (Å²) < 4.78 is 32.3. The van der Waals surface area contributed by atoms with Crippen LogP contribution in [0.15, 0.2) is 47.4 Å². The molecule has 2 rings (SSSR count). The van der Waals surface area contributed by atoms with E-state index in [9.17, 15) is 18.0 Å². The van der Waals surface area contributed by atoms with Crippen molar-refractivity contribution in [1.82, 2.24) is 4.31 Å². The van der Waals surface area contributed by atoms with Crippen molar-refractivity contribution in [2.75, 3.05) is 18.4 Å². The molecule has 1 atom stereocenters. The van der Waals surface area contributed by atoms with E-state index in [-0.39, 0.29) is 10.5 Å². The van der Waals surface area contributed by atoms with Crippen LogP contribution in [0.25, 0.3) is 0 Å². The molecule has 0 spiro atoms. The van der Waals surface area contributed by atoms with Gasteiger partial charge in [0.05, 0.1) is 10.5 Å². The van der Waals surface area contributed by atoms with Crippen LogP contribution in [-0.4, -0.2) is 43.8 Å². The van der Waals surface area contributed by atoms with Crippen LogP contribution in [0.1, 0.15) is 42.3 Å². The van der Waals surface area contributed by atoms with Crippen LogP contribution in [0, 0.1) is 13.8 Å². The van der Waals surface area contributed by atoms with Gasteiger partial charge in [0.25, 0.3) is 5.91 Å². The highest BCUT2D eigenvalue weighted by atomic mass is 32.2. The van der Waals surface area contributed by atoms with Crippen molar-refractivity contribution in [2.24, 2.45) is 0 Å². The fourth-order valence-electron chi connectivity index (χ4n) is 2.87. The molecule has 30 heavy (non-hydrogen) atoms. The van der Waals surface area contributed by atoms with Crippen molar-refractivity contribution >= 4 is 27.6 Å². The minimum Gasteiger partial charge on any atom is -0.449 e. The summed E-state index contributed by atoms with van der Waals surface area (Å²) >= 11 is 0. The summed E-state index contributed by atoms with van der Waals surface area (Å²) in [5, 5.41) is 2.68. The molecule has 0 aliphatic carbocycles.